The van der Waals surface area contributed by atoms with E-state index in [1.165, 1.54) is 5.84 Å². The van der Waals surface area contributed by atoms with Gasteiger partial charge in [-0.25, -0.2) is 9.48 Å². The minimum atomic E-state index is -1.03. The molecule has 0 amide bonds. The fourth-order valence-electron chi connectivity index (χ4n) is 4.13. The quantitative estimate of drug-likeness (QED) is 0.823. The molecule has 4 rings (SSSR count). The topological polar surface area (TPSA) is 44.9 Å². The highest BCUT2D eigenvalue weighted by Gasteiger charge is 2.52. The monoisotopic (exact) mass is 367 g/mol. The third-order valence-electron chi connectivity index (χ3n) is 5.49. The molecular weight excluding hydrogens is 340 g/mol. The van der Waals surface area contributed by atoms with Crippen LogP contribution < -0.4 is 14.4 Å². The molecule has 0 radical (unpaired) electrons. The number of aliphatic hydroxyl groups is 1. The van der Waals surface area contributed by atoms with Crippen molar-refractivity contribution in [3.63, 3.8) is 0 Å². The van der Waals surface area contributed by atoms with Crippen molar-refractivity contribution in [3.8, 4) is 11.5 Å². The average Bonchev–Trinajstić information content (AvgIpc) is 3.03. The summed E-state index contributed by atoms with van der Waals surface area (Å²) < 4.78 is 13.0. The Morgan fingerprint density at radius 3 is 2.41 bits per heavy atom. The Kier molecular flexibility index (Phi) is 4.79. The third-order valence-corrected chi connectivity index (χ3v) is 5.49. The molecule has 2 aliphatic heterocycles. The predicted octanol–water partition coefficient (Wildman–Crippen LogP) is 3.35. The van der Waals surface area contributed by atoms with Crippen LogP contribution in [0.25, 0.3) is 0 Å². The fraction of sp³-hybridized carbons (Fsp3) is 0.409. The Bertz CT molecular complexity index is 830. The van der Waals surface area contributed by atoms with E-state index in [-0.39, 0.29) is 0 Å². The van der Waals surface area contributed by atoms with E-state index in [9.17, 15) is 5.11 Å². The molecular formula is C22H27N2O3+. The van der Waals surface area contributed by atoms with Crippen LogP contribution in [-0.4, -0.2) is 42.3 Å². The molecule has 0 bridgehead atoms. The minimum absolute atomic E-state index is 0.517. The van der Waals surface area contributed by atoms with Crippen molar-refractivity contribution in [2.45, 2.75) is 31.9 Å². The maximum Gasteiger partial charge on any atom is 0.271 e. The number of nitrogens with zero attached hydrogens (tertiary/aromatic N) is 2. The molecule has 1 atom stereocenters. The maximum atomic E-state index is 11.7. The normalized spacial score (nSPS) is 22.0. The molecule has 2 aromatic carbocycles. The zero-order chi connectivity index (χ0) is 18.9. The molecule has 2 aliphatic rings. The van der Waals surface area contributed by atoms with Crippen molar-refractivity contribution in [2.75, 3.05) is 31.7 Å². The lowest BCUT2D eigenvalue weighted by Gasteiger charge is -2.24. The van der Waals surface area contributed by atoms with Crippen LogP contribution in [0.4, 0.5) is 5.69 Å². The standard InChI is InChI=1S/C22H27N2O3/c1-3-27-20-13-9-18(10-14-20)23-16-22(25,24-15-5-4-6-21(23)24)17-7-11-19(26-2)12-8-17/h7-14,25H,3-6,15-16H2,1-2H3/q+1/t22-/m0/s1. The third kappa shape index (κ3) is 3.16. The van der Waals surface area contributed by atoms with Gasteiger partial charge in [0.05, 0.1) is 20.3 Å². The number of amidine groups is 1. The predicted molar refractivity (Wildman–Crippen MR) is 106 cm³/mol. The number of ether oxygens (including phenoxy) is 2. The van der Waals surface area contributed by atoms with E-state index in [2.05, 4.69) is 21.6 Å². The lowest BCUT2D eigenvalue weighted by molar-refractivity contribution is -0.661. The minimum Gasteiger partial charge on any atom is -0.497 e. The summed E-state index contributed by atoms with van der Waals surface area (Å²) in [5, 5.41) is 11.7. The lowest BCUT2D eigenvalue weighted by atomic mass is 10.0. The fourth-order valence-corrected chi connectivity index (χ4v) is 4.13. The van der Waals surface area contributed by atoms with Crippen LogP contribution in [0.3, 0.4) is 0 Å². The molecule has 27 heavy (non-hydrogen) atoms. The Morgan fingerprint density at radius 1 is 1.04 bits per heavy atom. The number of hydrogen-bond donors (Lipinski definition) is 1. The van der Waals surface area contributed by atoms with E-state index < -0.39 is 5.72 Å². The summed E-state index contributed by atoms with van der Waals surface area (Å²) in [6, 6.07) is 15.9. The number of anilines is 1. The molecule has 0 saturated carbocycles. The van der Waals surface area contributed by atoms with E-state index in [0.29, 0.717) is 13.2 Å². The van der Waals surface area contributed by atoms with Crippen molar-refractivity contribution in [2.24, 2.45) is 0 Å². The number of benzene rings is 2. The van der Waals surface area contributed by atoms with Gasteiger partial charge in [0, 0.05) is 12.0 Å². The van der Waals surface area contributed by atoms with Gasteiger partial charge in [-0.15, -0.1) is 0 Å². The second-order valence-corrected chi connectivity index (χ2v) is 7.08. The molecule has 142 valence electrons. The van der Waals surface area contributed by atoms with Crippen molar-refractivity contribution in [1.82, 2.24) is 0 Å². The van der Waals surface area contributed by atoms with Gasteiger partial charge in [0.25, 0.3) is 11.6 Å². The first-order valence-electron chi connectivity index (χ1n) is 9.66. The first-order chi connectivity index (χ1) is 13.2. The summed E-state index contributed by atoms with van der Waals surface area (Å²) in [7, 11) is 1.66. The Hall–Kier alpha value is -2.53. The van der Waals surface area contributed by atoms with Gasteiger partial charge in [-0.1, -0.05) is 0 Å². The van der Waals surface area contributed by atoms with Crippen LogP contribution in [0.5, 0.6) is 11.5 Å². The van der Waals surface area contributed by atoms with Gasteiger partial charge in [-0.2, -0.15) is 0 Å². The largest absolute Gasteiger partial charge is 0.497 e. The van der Waals surface area contributed by atoms with Gasteiger partial charge in [0.2, 0.25) is 0 Å². The molecule has 2 heterocycles. The number of rotatable bonds is 5. The zero-order valence-electron chi connectivity index (χ0n) is 16.0. The second kappa shape index (κ2) is 7.24. The Balaban J connectivity index is 1.70. The molecule has 5 nitrogen and oxygen atoms in total. The summed E-state index contributed by atoms with van der Waals surface area (Å²) in [6.07, 6.45) is 3.23. The number of β-amino-alcohol motifs (C(OH)–C–C–N with tert-alkyl or cyclic N) is 1. The maximum absolute atomic E-state index is 11.7. The molecule has 5 heteroatoms. The molecule has 1 N–H and O–H groups in total. The molecule has 0 unspecified atom stereocenters. The summed E-state index contributed by atoms with van der Waals surface area (Å²) in [5.74, 6) is 2.87. The SMILES string of the molecule is CCOc1ccc(N2C[C@](O)(c3ccc(OC)cc3)[N+]3=C2CCCC3)cc1. The highest BCUT2D eigenvalue weighted by atomic mass is 16.5. The first-order valence-corrected chi connectivity index (χ1v) is 9.66. The van der Waals surface area contributed by atoms with Crippen molar-refractivity contribution in [1.29, 1.82) is 0 Å². The van der Waals surface area contributed by atoms with E-state index in [1.54, 1.807) is 7.11 Å². The molecule has 0 spiro atoms. The smallest absolute Gasteiger partial charge is 0.271 e. The van der Waals surface area contributed by atoms with Crippen LogP contribution in [-0.2, 0) is 5.72 Å². The van der Waals surface area contributed by atoms with Crippen molar-refractivity contribution >= 4 is 11.5 Å². The molecule has 0 aliphatic carbocycles. The van der Waals surface area contributed by atoms with Crippen LogP contribution in [0.15, 0.2) is 48.5 Å². The Morgan fingerprint density at radius 2 is 1.74 bits per heavy atom. The second-order valence-electron chi connectivity index (χ2n) is 7.08. The molecule has 0 saturated heterocycles. The van der Waals surface area contributed by atoms with Crippen molar-refractivity contribution in [3.05, 3.63) is 54.1 Å². The molecule has 0 fully saturated rings. The summed E-state index contributed by atoms with van der Waals surface area (Å²) >= 11 is 0. The van der Waals surface area contributed by atoms with Gasteiger partial charge in [0.1, 0.15) is 17.2 Å². The van der Waals surface area contributed by atoms with E-state index in [0.717, 1.165) is 48.6 Å². The summed E-state index contributed by atoms with van der Waals surface area (Å²) in [4.78, 5) is 2.25. The van der Waals surface area contributed by atoms with Crippen LogP contribution in [0.2, 0.25) is 0 Å². The summed E-state index contributed by atoms with van der Waals surface area (Å²) in [5.41, 5.74) is 0.960. The van der Waals surface area contributed by atoms with Crippen LogP contribution >= 0.6 is 0 Å². The number of hydrogen-bond acceptors (Lipinski definition) is 4. The summed E-state index contributed by atoms with van der Waals surface area (Å²) in [6.45, 7) is 4.03. The number of methoxy groups -OCH3 is 1. The van der Waals surface area contributed by atoms with Crippen molar-refractivity contribution < 1.29 is 19.2 Å². The van der Waals surface area contributed by atoms with Gasteiger partial charge in [-0.3, -0.25) is 0 Å². The Labute approximate surface area is 160 Å². The zero-order valence-corrected chi connectivity index (χ0v) is 16.0. The molecule has 2 aromatic rings. The van der Waals surface area contributed by atoms with Crippen LogP contribution in [0.1, 0.15) is 31.7 Å². The van der Waals surface area contributed by atoms with E-state index in [4.69, 9.17) is 9.47 Å². The lowest BCUT2D eigenvalue weighted by Crippen LogP contribution is -2.41. The van der Waals surface area contributed by atoms with Gasteiger partial charge in [0.15, 0.2) is 6.54 Å². The van der Waals surface area contributed by atoms with Gasteiger partial charge in [-0.05, 0) is 68.3 Å². The highest BCUT2D eigenvalue weighted by molar-refractivity contribution is 5.96. The average molecular weight is 367 g/mol. The first kappa shape index (κ1) is 17.9. The van der Waals surface area contributed by atoms with E-state index >= 15 is 0 Å². The molecule has 0 aromatic heterocycles. The van der Waals surface area contributed by atoms with E-state index in [1.807, 2.05) is 43.3 Å². The highest BCUT2D eigenvalue weighted by Crippen LogP contribution is 2.36. The van der Waals surface area contributed by atoms with Crippen LogP contribution in [0, 0.1) is 0 Å². The van der Waals surface area contributed by atoms with Gasteiger partial charge < -0.3 is 14.6 Å². The van der Waals surface area contributed by atoms with Gasteiger partial charge >= 0.3 is 0 Å².